The quantitative estimate of drug-likeness (QED) is 0.787. The minimum atomic E-state index is -0.615. The molecule has 0 bridgehead atoms. The molecule has 130 valence electrons. The zero-order valence-corrected chi connectivity index (χ0v) is 14.4. The van der Waals surface area contributed by atoms with Gasteiger partial charge in [0.1, 0.15) is 11.6 Å². The van der Waals surface area contributed by atoms with Crippen molar-refractivity contribution in [2.45, 2.75) is 6.92 Å². The van der Waals surface area contributed by atoms with Gasteiger partial charge in [-0.15, -0.1) is 0 Å². The summed E-state index contributed by atoms with van der Waals surface area (Å²) in [6.07, 6.45) is 2.74. The van der Waals surface area contributed by atoms with Gasteiger partial charge in [-0.05, 0) is 42.5 Å². The van der Waals surface area contributed by atoms with E-state index in [0.29, 0.717) is 22.0 Å². The Morgan fingerprint density at radius 2 is 1.92 bits per heavy atom. The van der Waals surface area contributed by atoms with Crippen molar-refractivity contribution in [1.29, 1.82) is 0 Å². The molecular weight excluding hydrogens is 347 g/mol. The molecule has 2 aromatic carbocycles. The maximum Gasteiger partial charge on any atom is 0.248 e. The van der Waals surface area contributed by atoms with Gasteiger partial charge in [0, 0.05) is 29.3 Å². The smallest absolute Gasteiger partial charge is 0.248 e. The molecule has 0 radical (unpaired) electrons. The average molecular weight is 363 g/mol. The van der Waals surface area contributed by atoms with Crippen molar-refractivity contribution in [3.8, 4) is 5.75 Å². The van der Waals surface area contributed by atoms with Crippen molar-refractivity contribution in [3.05, 3.63) is 58.9 Å². The minimum Gasteiger partial charge on any atom is -0.496 e. The second-order valence-electron chi connectivity index (χ2n) is 5.08. The van der Waals surface area contributed by atoms with Crippen LogP contribution in [0.5, 0.6) is 5.75 Å². The second-order valence-corrected chi connectivity index (χ2v) is 5.52. The first-order chi connectivity index (χ1) is 11.9. The molecule has 7 heteroatoms. The molecular formula is C18H16ClFN2O3. The number of hydrogen-bond acceptors (Lipinski definition) is 3. The monoisotopic (exact) mass is 362 g/mol. The zero-order valence-electron chi connectivity index (χ0n) is 13.6. The maximum atomic E-state index is 13.8. The predicted octanol–water partition coefficient (Wildman–Crippen LogP) is 4.10. The lowest BCUT2D eigenvalue weighted by Crippen LogP contribution is -2.11. The Hall–Kier alpha value is -2.86. The summed E-state index contributed by atoms with van der Waals surface area (Å²) in [5.41, 5.74) is 0.946. The summed E-state index contributed by atoms with van der Waals surface area (Å²) in [6, 6.07) is 8.88. The van der Waals surface area contributed by atoms with Crippen molar-refractivity contribution < 1.29 is 18.7 Å². The molecule has 0 unspecified atom stereocenters. The summed E-state index contributed by atoms with van der Waals surface area (Å²) < 4.78 is 19.0. The van der Waals surface area contributed by atoms with Gasteiger partial charge < -0.3 is 15.4 Å². The Balaban J connectivity index is 2.15. The number of amides is 2. The van der Waals surface area contributed by atoms with Gasteiger partial charge in [-0.1, -0.05) is 11.6 Å². The fourth-order valence-corrected chi connectivity index (χ4v) is 2.26. The molecule has 25 heavy (non-hydrogen) atoms. The standard InChI is InChI=1S/C18H16ClFN2O3/c1-11(23)21-14-5-6-15(20)16(10-14)22-18(24)8-3-12-9-13(19)4-7-17(12)25-2/h3-10H,1-2H3,(H,21,23)(H,22,24)/b8-3+. The van der Waals surface area contributed by atoms with Gasteiger partial charge in [0.05, 0.1) is 12.8 Å². The van der Waals surface area contributed by atoms with Crippen molar-refractivity contribution >= 4 is 40.9 Å². The first kappa shape index (κ1) is 18.5. The maximum absolute atomic E-state index is 13.8. The highest BCUT2D eigenvalue weighted by Gasteiger charge is 2.08. The van der Waals surface area contributed by atoms with E-state index in [-0.39, 0.29) is 11.6 Å². The second kappa shape index (κ2) is 8.30. The summed E-state index contributed by atoms with van der Waals surface area (Å²) in [4.78, 5) is 23.1. The number of anilines is 2. The number of carbonyl (C=O) groups is 2. The molecule has 2 N–H and O–H groups in total. The topological polar surface area (TPSA) is 67.4 Å². The Morgan fingerprint density at radius 3 is 2.60 bits per heavy atom. The fraction of sp³-hybridized carbons (Fsp3) is 0.111. The van der Waals surface area contributed by atoms with E-state index < -0.39 is 11.7 Å². The molecule has 0 aliphatic carbocycles. The molecule has 2 aromatic rings. The summed E-state index contributed by atoms with van der Waals surface area (Å²) in [5, 5.41) is 5.43. The van der Waals surface area contributed by atoms with Crippen LogP contribution in [0.1, 0.15) is 12.5 Å². The molecule has 0 aromatic heterocycles. The first-order valence-corrected chi connectivity index (χ1v) is 7.66. The van der Waals surface area contributed by atoms with Crippen LogP contribution in [-0.4, -0.2) is 18.9 Å². The SMILES string of the molecule is COc1ccc(Cl)cc1/C=C/C(=O)Nc1cc(NC(C)=O)ccc1F. The van der Waals surface area contributed by atoms with Crippen LogP contribution in [0.2, 0.25) is 5.02 Å². The Kier molecular flexibility index (Phi) is 6.14. The predicted molar refractivity (Wildman–Crippen MR) is 96.4 cm³/mol. The number of rotatable bonds is 5. The summed E-state index contributed by atoms with van der Waals surface area (Å²) >= 11 is 5.92. The Labute approximate surface area is 149 Å². The lowest BCUT2D eigenvalue weighted by atomic mass is 10.2. The Bertz CT molecular complexity index is 837. The molecule has 5 nitrogen and oxygen atoms in total. The number of carbonyl (C=O) groups excluding carboxylic acids is 2. The van der Waals surface area contributed by atoms with E-state index in [1.807, 2.05) is 0 Å². The van der Waals surface area contributed by atoms with Crippen LogP contribution in [0.25, 0.3) is 6.08 Å². The van der Waals surface area contributed by atoms with Gasteiger partial charge in [0.2, 0.25) is 11.8 Å². The third-order valence-electron chi connectivity index (χ3n) is 3.15. The molecule has 0 atom stereocenters. The van der Waals surface area contributed by atoms with Crippen LogP contribution in [0, 0.1) is 5.82 Å². The fourth-order valence-electron chi connectivity index (χ4n) is 2.08. The van der Waals surface area contributed by atoms with Gasteiger partial charge in [-0.2, -0.15) is 0 Å². The summed E-state index contributed by atoms with van der Waals surface area (Å²) in [5.74, 6) is -0.902. The van der Waals surface area contributed by atoms with Crippen LogP contribution >= 0.6 is 11.6 Å². The number of halogens is 2. The minimum absolute atomic E-state index is 0.0426. The van der Waals surface area contributed by atoms with Crippen molar-refractivity contribution in [2.24, 2.45) is 0 Å². The molecule has 2 amide bonds. The van der Waals surface area contributed by atoms with E-state index in [1.54, 1.807) is 18.2 Å². The Morgan fingerprint density at radius 1 is 1.16 bits per heavy atom. The van der Waals surface area contributed by atoms with Gasteiger partial charge >= 0.3 is 0 Å². The third-order valence-corrected chi connectivity index (χ3v) is 3.39. The van der Waals surface area contributed by atoms with Gasteiger partial charge in [-0.25, -0.2) is 4.39 Å². The molecule has 0 heterocycles. The van der Waals surface area contributed by atoms with E-state index in [2.05, 4.69) is 10.6 Å². The zero-order chi connectivity index (χ0) is 18.4. The first-order valence-electron chi connectivity index (χ1n) is 7.29. The molecule has 0 aliphatic rings. The van der Waals surface area contributed by atoms with Gasteiger partial charge in [0.15, 0.2) is 0 Å². The van der Waals surface area contributed by atoms with Crippen LogP contribution in [0.3, 0.4) is 0 Å². The van der Waals surface area contributed by atoms with E-state index >= 15 is 0 Å². The third kappa shape index (κ3) is 5.32. The number of hydrogen-bond donors (Lipinski definition) is 2. The largest absolute Gasteiger partial charge is 0.496 e. The molecule has 2 rings (SSSR count). The van der Waals surface area contributed by atoms with E-state index in [0.717, 1.165) is 6.07 Å². The highest BCUT2D eigenvalue weighted by Crippen LogP contribution is 2.24. The van der Waals surface area contributed by atoms with Crippen molar-refractivity contribution in [3.63, 3.8) is 0 Å². The highest BCUT2D eigenvalue weighted by atomic mass is 35.5. The van der Waals surface area contributed by atoms with Crippen LogP contribution < -0.4 is 15.4 Å². The number of ether oxygens (including phenoxy) is 1. The summed E-state index contributed by atoms with van der Waals surface area (Å²) in [7, 11) is 1.50. The lowest BCUT2D eigenvalue weighted by Gasteiger charge is -2.08. The summed E-state index contributed by atoms with van der Waals surface area (Å²) in [6.45, 7) is 1.34. The van der Waals surface area contributed by atoms with Crippen molar-refractivity contribution in [2.75, 3.05) is 17.7 Å². The molecule has 0 fully saturated rings. The van der Waals surface area contributed by atoms with Crippen molar-refractivity contribution in [1.82, 2.24) is 0 Å². The number of nitrogens with one attached hydrogen (secondary N) is 2. The lowest BCUT2D eigenvalue weighted by molar-refractivity contribution is -0.114. The van der Waals surface area contributed by atoms with E-state index in [1.165, 1.54) is 38.3 Å². The normalized spacial score (nSPS) is 10.6. The van der Waals surface area contributed by atoms with Crippen LogP contribution in [0.15, 0.2) is 42.5 Å². The van der Waals surface area contributed by atoms with E-state index in [4.69, 9.17) is 16.3 Å². The van der Waals surface area contributed by atoms with Gasteiger partial charge in [-0.3, -0.25) is 9.59 Å². The van der Waals surface area contributed by atoms with E-state index in [9.17, 15) is 14.0 Å². The number of benzene rings is 2. The van der Waals surface area contributed by atoms with Crippen LogP contribution in [-0.2, 0) is 9.59 Å². The average Bonchev–Trinajstić information content (AvgIpc) is 2.55. The number of methoxy groups -OCH3 is 1. The highest BCUT2D eigenvalue weighted by molar-refractivity contribution is 6.30. The molecule has 0 spiro atoms. The van der Waals surface area contributed by atoms with Crippen LogP contribution in [0.4, 0.5) is 15.8 Å². The molecule has 0 saturated heterocycles. The molecule has 0 aliphatic heterocycles. The molecule has 0 saturated carbocycles. The van der Waals surface area contributed by atoms with Gasteiger partial charge in [0.25, 0.3) is 0 Å².